The van der Waals surface area contributed by atoms with Crippen molar-refractivity contribution in [3.8, 4) is 0 Å². The van der Waals surface area contributed by atoms with E-state index in [1.54, 1.807) is 11.8 Å². The first-order valence-electron chi connectivity index (χ1n) is 7.09. The molecular weight excluding hydrogens is 260 g/mol. The molecular formula is C14H24N2O2S. The lowest BCUT2D eigenvalue weighted by atomic mass is 9.88. The largest absolute Gasteiger partial charge is 0.340 e. The monoisotopic (exact) mass is 284 g/mol. The molecule has 0 aromatic rings. The fraction of sp³-hybridized carbons (Fsp3) is 0.857. The summed E-state index contributed by atoms with van der Waals surface area (Å²) in [7, 11) is 0. The standard InChI is InChI=1S/C14H24N2O2S/c1-5-11-12(17)15-14(3,10-6-7-10)13(18)16(11)9(2)8-19-4/h9-11H,5-8H2,1-4H3,(H,15,17). The summed E-state index contributed by atoms with van der Waals surface area (Å²) in [6.45, 7) is 5.91. The second-order valence-corrected chi connectivity index (χ2v) is 6.82. The Bertz CT molecular complexity index is 384. The van der Waals surface area contributed by atoms with Crippen LogP contribution < -0.4 is 5.32 Å². The molecule has 0 aromatic heterocycles. The molecule has 1 saturated heterocycles. The lowest BCUT2D eigenvalue weighted by molar-refractivity contribution is -0.157. The first-order valence-corrected chi connectivity index (χ1v) is 8.48. The van der Waals surface area contributed by atoms with Gasteiger partial charge in [-0.1, -0.05) is 6.92 Å². The van der Waals surface area contributed by atoms with Gasteiger partial charge in [-0.2, -0.15) is 11.8 Å². The van der Waals surface area contributed by atoms with Gasteiger partial charge in [0.25, 0.3) is 0 Å². The molecule has 108 valence electrons. The lowest BCUT2D eigenvalue weighted by Gasteiger charge is -2.47. The van der Waals surface area contributed by atoms with Gasteiger partial charge in [0.05, 0.1) is 0 Å². The SMILES string of the molecule is CCC1C(=O)NC(C)(C2CC2)C(=O)N1C(C)CSC. The van der Waals surface area contributed by atoms with Gasteiger partial charge in [0.15, 0.2) is 0 Å². The number of carbonyl (C=O) groups is 2. The number of hydrogen-bond donors (Lipinski definition) is 1. The van der Waals surface area contributed by atoms with Gasteiger partial charge in [0.2, 0.25) is 11.8 Å². The minimum absolute atomic E-state index is 0.0180. The van der Waals surface area contributed by atoms with E-state index in [9.17, 15) is 9.59 Å². The molecule has 3 unspecified atom stereocenters. The molecule has 0 spiro atoms. The minimum Gasteiger partial charge on any atom is -0.340 e. The number of nitrogens with one attached hydrogen (secondary N) is 1. The molecule has 0 radical (unpaired) electrons. The van der Waals surface area contributed by atoms with E-state index >= 15 is 0 Å². The Hall–Kier alpha value is -0.710. The van der Waals surface area contributed by atoms with Gasteiger partial charge in [0.1, 0.15) is 11.6 Å². The summed E-state index contributed by atoms with van der Waals surface area (Å²) in [6.07, 6.45) is 4.80. The van der Waals surface area contributed by atoms with Gasteiger partial charge in [-0.25, -0.2) is 0 Å². The zero-order valence-electron chi connectivity index (χ0n) is 12.2. The van der Waals surface area contributed by atoms with E-state index in [4.69, 9.17) is 0 Å². The second-order valence-electron chi connectivity index (χ2n) is 5.91. The highest BCUT2D eigenvalue weighted by atomic mass is 32.2. The van der Waals surface area contributed by atoms with Crippen LogP contribution in [0.15, 0.2) is 0 Å². The molecule has 19 heavy (non-hydrogen) atoms. The summed E-state index contributed by atoms with van der Waals surface area (Å²) in [6, 6.07) is -0.196. The average Bonchev–Trinajstić information content (AvgIpc) is 3.17. The van der Waals surface area contributed by atoms with Crippen LogP contribution in [0.4, 0.5) is 0 Å². The number of rotatable bonds is 5. The molecule has 0 aromatic carbocycles. The van der Waals surface area contributed by atoms with Gasteiger partial charge in [-0.15, -0.1) is 0 Å². The zero-order valence-corrected chi connectivity index (χ0v) is 13.0. The van der Waals surface area contributed by atoms with Gasteiger partial charge in [-0.3, -0.25) is 9.59 Å². The quantitative estimate of drug-likeness (QED) is 0.835. The molecule has 1 saturated carbocycles. The number of carbonyl (C=O) groups excluding carboxylic acids is 2. The van der Waals surface area contributed by atoms with Gasteiger partial charge >= 0.3 is 0 Å². The Kier molecular flexibility index (Phi) is 4.14. The molecule has 2 fully saturated rings. The van der Waals surface area contributed by atoms with E-state index in [-0.39, 0.29) is 23.9 Å². The van der Waals surface area contributed by atoms with Crippen LogP contribution in [0.3, 0.4) is 0 Å². The van der Waals surface area contributed by atoms with Gasteiger partial charge in [-0.05, 0) is 45.3 Å². The van der Waals surface area contributed by atoms with Crippen molar-refractivity contribution >= 4 is 23.6 Å². The van der Waals surface area contributed by atoms with E-state index in [0.717, 1.165) is 18.6 Å². The molecule has 5 heteroatoms. The summed E-state index contributed by atoms with van der Waals surface area (Å²) in [4.78, 5) is 27.0. The number of hydrogen-bond acceptors (Lipinski definition) is 3. The number of piperazine rings is 1. The van der Waals surface area contributed by atoms with Crippen molar-refractivity contribution in [2.45, 2.75) is 57.7 Å². The fourth-order valence-corrected chi connectivity index (χ4v) is 3.72. The van der Waals surface area contributed by atoms with Crippen LogP contribution in [0.5, 0.6) is 0 Å². The number of amides is 2. The van der Waals surface area contributed by atoms with Crippen LogP contribution in [-0.2, 0) is 9.59 Å². The van der Waals surface area contributed by atoms with E-state index in [2.05, 4.69) is 5.32 Å². The van der Waals surface area contributed by atoms with Crippen molar-refractivity contribution < 1.29 is 9.59 Å². The van der Waals surface area contributed by atoms with Crippen molar-refractivity contribution in [2.75, 3.05) is 12.0 Å². The highest BCUT2D eigenvalue weighted by Crippen LogP contribution is 2.42. The minimum atomic E-state index is -0.671. The molecule has 1 N–H and O–H groups in total. The maximum absolute atomic E-state index is 12.9. The van der Waals surface area contributed by atoms with E-state index in [0.29, 0.717) is 12.3 Å². The summed E-state index contributed by atoms with van der Waals surface area (Å²) in [5.41, 5.74) is -0.671. The van der Waals surface area contributed by atoms with Gasteiger partial charge in [0, 0.05) is 11.8 Å². The third-order valence-corrected chi connectivity index (χ3v) is 5.18. The van der Waals surface area contributed by atoms with Crippen LogP contribution in [0.25, 0.3) is 0 Å². The smallest absolute Gasteiger partial charge is 0.249 e. The van der Waals surface area contributed by atoms with E-state index in [1.807, 2.05) is 31.9 Å². The van der Waals surface area contributed by atoms with Crippen molar-refractivity contribution in [1.29, 1.82) is 0 Å². The molecule has 3 atom stereocenters. The van der Waals surface area contributed by atoms with Crippen LogP contribution in [0.1, 0.15) is 40.0 Å². The molecule has 1 aliphatic carbocycles. The molecule has 0 bridgehead atoms. The Morgan fingerprint density at radius 3 is 2.58 bits per heavy atom. The topological polar surface area (TPSA) is 49.4 Å². The predicted octanol–water partition coefficient (Wildman–Crippen LogP) is 1.64. The Balaban J connectivity index is 2.28. The predicted molar refractivity (Wildman–Crippen MR) is 78.0 cm³/mol. The summed E-state index contributed by atoms with van der Waals surface area (Å²) < 4.78 is 0. The summed E-state index contributed by atoms with van der Waals surface area (Å²) >= 11 is 1.72. The van der Waals surface area contributed by atoms with Crippen LogP contribution >= 0.6 is 11.8 Å². The summed E-state index contributed by atoms with van der Waals surface area (Å²) in [5, 5.41) is 3.00. The van der Waals surface area contributed by atoms with Crippen molar-refractivity contribution in [3.05, 3.63) is 0 Å². The Morgan fingerprint density at radius 1 is 1.47 bits per heavy atom. The Labute approximate surface area is 119 Å². The van der Waals surface area contributed by atoms with E-state index < -0.39 is 5.54 Å². The Morgan fingerprint density at radius 2 is 2.11 bits per heavy atom. The number of nitrogens with zero attached hydrogens (tertiary/aromatic N) is 1. The molecule has 4 nitrogen and oxygen atoms in total. The zero-order chi connectivity index (χ0) is 14.2. The third kappa shape index (κ3) is 2.49. The highest BCUT2D eigenvalue weighted by Gasteiger charge is 2.55. The van der Waals surface area contributed by atoms with Crippen molar-refractivity contribution in [2.24, 2.45) is 5.92 Å². The maximum Gasteiger partial charge on any atom is 0.249 e. The third-order valence-electron chi connectivity index (χ3n) is 4.36. The van der Waals surface area contributed by atoms with E-state index in [1.165, 1.54) is 0 Å². The maximum atomic E-state index is 12.9. The number of thioether (sulfide) groups is 1. The highest BCUT2D eigenvalue weighted by molar-refractivity contribution is 7.98. The summed E-state index contributed by atoms with van der Waals surface area (Å²) in [5.74, 6) is 1.33. The van der Waals surface area contributed by atoms with Gasteiger partial charge < -0.3 is 10.2 Å². The molecule has 2 rings (SSSR count). The second kappa shape index (κ2) is 5.35. The van der Waals surface area contributed by atoms with Crippen LogP contribution in [0.2, 0.25) is 0 Å². The molecule has 2 amide bonds. The first kappa shape index (κ1) is 14.7. The lowest BCUT2D eigenvalue weighted by Crippen LogP contribution is -2.71. The van der Waals surface area contributed by atoms with Crippen LogP contribution in [0, 0.1) is 5.92 Å². The van der Waals surface area contributed by atoms with Crippen LogP contribution in [-0.4, -0.2) is 46.3 Å². The molecule has 2 aliphatic rings. The average molecular weight is 284 g/mol. The molecule has 1 heterocycles. The fourth-order valence-electron chi connectivity index (χ4n) is 3.08. The van der Waals surface area contributed by atoms with Crippen molar-refractivity contribution in [3.63, 3.8) is 0 Å². The molecule has 1 aliphatic heterocycles. The normalized spacial score (nSPS) is 33.3. The first-order chi connectivity index (χ1) is 8.95. The van der Waals surface area contributed by atoms with Crippen molar-refractivity contribution in [1.82, 2.24) is 10.2 Å².